The van der Waals surface area contributed by atoms with Crippen LogP contribution in [0.3, 0.4) is 0 Å². The predicted molar refractivity (Wildman–Crippen MR) is 132 cm³/mol. The van der Waals surface area contributed by atoms with E-state index in [9.17, 15) is 28.0 Å². The topological polar surface area (TPSA) is 126 Å². The van der Waals surface area contributed by atoms with Gasteiger partial charge in [0.25, 0.3) is 10.0 Å². The van der Waals surface area contributed by atoms with Crippen LogP contribution in [0.2, 0.25) is 0 Å². The van der Waals surface area contributed by atoms with Gasteiger partial charge in [-0.1, -0.05) is 18.2 Å². The van der Waals surface area contributed by atoms with Crippen LogP contribution in [0.25, 0.3) is 0 Å². The van der Waals surface area contributed by atoms with Gasteiger partial charge in [-0.05, 0) is 71.1 Å². The highest BCUT2D eigenvalue weighted by Crippen LogP contribution is 2.46. The molecule has 1 aliphatic carbocycles. The highest BCUT2D eigenvalue weighted by Gasteiger charge is 2.40. The van der Waals surface area contributed by atoms with Gasteiger partial charge in [0.1, 0.15) is 27.8 Å². The average molecular weight is 575 g/mol. The summed E-state index contributed by atoms with van der Waals surface area (Å²) in [7, 11) is -3.26. The third-order valence-electron chi connectivity index (χ3n) is 6.00. The zero-order valence-electron chi connectivity index (χ0n) is 18.9. The van der Waals surface area contributed by atoms with Crippen molar-refractivity contribution in [2.45, 2.75) is 29.6 Å². The van der Waals surface area contributed by atoms with Gasteiger partial charge in [-0.3, -0.25) is 4.72 Å². The van der Waals surface area contributed by atoms with Crippen LogP contribution in [0.4, 0.5) is 10.1 Å². The highest BCUT2D eigenvalue weighted by molar-refractivity contribution is 9.10. The molecule has 0 spiro atoms. The summed E-state index contributed by atoms with van der Waals surface area (Å²) in [6.07, 6.45) is 1.79. The number of ether oxygens (including phenoxy) is 2. The molecule has 0 bridgehead atoms. The number of phenolic OH excluding ortho intramolecular Hbond substituents is 1. The lowest BCUT2D eigenvalue weighted by molar-refractivity contribution is 0.0731. The molecule has 0 aromatic heterocycles. The first kappa shape index (κ1) is 25.5. The normalized spacial score (nSPS) is 14.3. The SMILES string of the molecule is COc1cc(F)c(Br)cc1S(=O)(=O)Nc1cc(C2(C#N)CCC2)cc(C(=O)Oc2ccccc2)c1O. The molecule has 1 aliphatic rings. The van der Waals surface area contributed by atoms with E-state index in [0.717, 1.165) is 18.6 Å². The minimum atomic E-state index is -4.44. The van der Waals surface area contributed by atoms with E-state index in [1.807, 2.05) is 0 Å². The molecule has 0 saturated heterocycles. The Balaban J connectivity index is 1.81. The van der Waals surface area contributed by atoms with Crippen molar-refractivity contribution in [3.05, 3.63) is 76.0 Å². The fourth-order valence-corrected chi connectivity index (χ4v) is 5.60. The van der Waals surface area contributed by atoms with Crippen LogP contribution in [0.1, 0.15) is 35.2 Å². The molecular weight excluding hydrogens is 555 g/mol. The standard InChI is InChI=1S/C25H20BrFN2O6S/c1-34-21-13-19(27)18(26)12-22(21)36(32,33)29-20-11-15(25(14-28)8-5-9-25)10-17(23(20)30)24(31)35-16-6-3-2-4-7-16/h2-4,6-7,10-13,29-30H,5,8-9H2,1H3. The third kappa shape index (κ3) is 4.74. The second-order valence-corrected chi connectivity index (χ2v) is 10.7. The Hall–Kier alpha value is -3.62. The molecule has 1 saturated carbocycles. The smallest absolute Gasteiger partial charge is 0.347 e. The molecular formula is C25H20BrFN2O6S. The Morgan fingerprint density at radius 1 is 1.19 bits per heavy atom. The van der Waals surface area contributed by atoms with Gasteiger partial charge in [-0.2, -0.15) is 5.26 Å². The number of carbonyl (C=O) groups is 1. The first-order valence-corrected chi connectivity index (χ1v) is 13.0. The second-order valence-electron chi connectivity index (χ2n) is 8.19. The first-order valence-electron chi connectivity index (χ1n) is 10.7. The van der Waals surface area contributed by atoms with Crippen LogP contribution >= 0.6 is 15.9 Å². The van der Waals surface area contributed by atoms with Gasteiger partial charge in [0, 0.05) is 6.07 Å². The van der Waals surface area contributed by atoms with Gasteiger partial charge >= 0.3 is 5.97 Å². The number of carbonyl (C=O) groups excluding carboxylic acids is 1. The van der Waals surface area contributed by atoms with Crippen molar-refractivity contribution in [1.82, 2.24) is 0 Å². The lowest BCUT2D eigenvalue weighted by Gasteiger charge is -2.36. The third-order valence-corrected chi connectivity index (χ3v) is 7.99. The Morgan fingerprint density at radius 3 is 2.47 bits per heavy atom. The van der Waals surface area contributed by atoms with Crippen molar-refractivity contribution in [3.63, 3.8) is 0 Å². The lowest BCUT2D eigenvalue weighted by atomic mass is 9.65. The van der Waals surface area contributed by atoms with Gasteiger partial charge in [0.05, 0.1) is 28.8 Å². The van der Waals surface area contributed by atoms with Crippen molar-refractivity contribution >= 4 is 37.6 Å². The molecule has 0 unspecified atom stereocenters. The van der Waals surface area contributed by atoms with E-state index >= 15 is 0 Å². The number of rotatable bonds is 7. The van der Waals surface area contributed by atoms with Gasteiger partial charge < -0.3 is 14.6 Å². The number of esters is 1. The Bertz CT molecular complexity index is 1480. The Morgan fingerprint density at radius 2 is 1.89 bits per heavy atom. The number of nitrogens with one attached hydrogen (secondary N) is 1. The van der Waals surface area contributed by atoms with Crippen LogP contribution in [0.5, 0.6) is 17.2 Å². The predicted octanol–water partition coefficient (Wildman–Crippen LogP) is 5.27. The summed E-state index contributed by atoms with van der Waals surface area (Å²) in [6.45, 7) is 0. The van der Waals surface area contributed by atoms with Crippen molar-refractivity contribution in [2.75, 3.05) is 11.8 Å². The van der Waals surface area contributed by atoms with Crippen molar-refractivity contribution in [2.24, 2.45) is 0 Å². The summed E-state index contributed by atoms with van der Waals surface area (Å²) in [5.41, 5.74) is -1.23. The largest absolute Gasteiger partial charge is 0.505 e. The molecule has 0 aliphatic heterocycles. The number of hydrogen-bond donors (Lipinski definition) is 2. The summed E-state index contributed by atoms with van der Waals surface area (Å²) < 4.78 is 53.0. The molecule has 0 atom stereocenters. The zero-order valence-corrected chi connectivity index (χ0v) is 21.3. The van der Waals surface area contributed by atoms with E-state index in [-0.39, 0.29) is 27.2 Å². The minimum Gasteiger partial charge on any atom is -0.505 e. The zero-order chi connectivity index (χ0) is 26.1. The molecule has 186 valence electrons. The maximum atomic E-state index is 14.0. The molecule has 36 heavy (non-hydrogen) atoms. The number of hydrogen-bond acceptors (Lipinski definition) is 7. The monoisotopic (exact) mass is 574 g/mol. The van der Waals surface area contributed by atoms with E-state index in [1.54, 1.807) is 30.3 Å². The Labute approximate surface area is 215 Å². The minimum absolute atomic E-state index is 0.119. The molecule has 0 radical (unpaired) electrons. The first-order chi connectivity index (χ1) is 17.1. The molecule has 3 aromatic carbocycles. The summed E-state index contributed by atoms with van der Waals surface area (Å²) >= 11 is 2.96. The van der Waals surface area contributed by atoms with Crippen molar-refractivity contribution in [3.8, 4) is 23.3 Å². The number of halogens is 2. The van der Waals surface area contributed by atoms with E-state index in [0.29, 0.717) is 18.4 Å². The number of methoxy groups -OCH3 is 1. The van der Waals surface area contributed by atoms with E-state index in [4.69, 9.17) is 9.47 Å². The van der Waals surface area contributed by atoms with Crippen LogP contribution in [0, 0.1) is 17.1 Å². The number of phenols is 1. The summed E-state index contributed by atoms with van der Waals surface area (Å²) in [5, 5.41) is 20.7. The molecule has 4 rings (SSSR count). The molecule has 2 N–H and O–H groups in total. The number of aromatic hydroxyl groups is 1. The fraction of sp³-hybridized carbons (Fsp3) is 0.200. The van der Waals surface area contributed by atoms with Gasteiger partial charge in [0.2, 0.25) is 0 Å². The van der Waals surface area contributed by atoms with Gasteiger partial charge in [-0.15, -0.1) is 0 Å². The van der Waals surface area contributed by atoms with Crippen LogP contribution < -0.4 is 14.2 Å². The number of nitrogens with zero attached hydrogens (tertiary/aromatic N) is 1. The van der Waals surface area contributed by atoms with Crippen molar-refractivity contribution in [1.29, 1.82) is 5.26 Å². The van der Waals surface area contributed by atoms with Crippen molar-refractivity contribution < 1.29 is 32.2 Å². The van der Waals surface area contributed by atoms with Gasteiger partial charge in [-0.25, -0.2) is 17.6 Å². The highest BCUT2D eigenvalue weighted by atomic mass is 79.9. The summed E-state index contributed by atoms with van der Waals surface area (Å²) in [5.74, 6) is -2.40. The molecule has 1 fully saturated rings. The van der Waals surface area contributed by atoms with Crippen LogP contribution in [0.15, 0.2) is 64.0 Å². The molecule has 0 amide bonds. The quantitative estimate of drug-likeness (QED) is 0.223. The number of sulfonamides is 1. The maximum Gasteiger partial charge on any atom is 0.347 e. The Kier molecular flexibility index (Phi) is 6.93. The number of para-hydroxylation sites is 1. The van der Waals surface area contributed by atoms with E-state index in [2.05, 4.69) is 26.7 Å². The number of nitriles is 1. The van der Waals surface area contributed by atoms with E-state index in [1.165, 1.54) is 19.2 Å². The fourth-order valence-electron chi connectivity index (χ4n) is 3.87. The van der Waals surface area contributed by atoms with E-state index < -0.39 is 37.9 Å². The number of anilines is 1. The molecule has 0 heterocycles. The maximum absolute atomic E-state index is 14.0. The average Bonchev–Trinajstić information content (AvgIpc) is 2.82. The van der Waals surface area contributed by atoms with Crippen LogP contribution in [-0.2, 0) is 15.4 Å². The summed E-state index contributed by atoms with van der Waals surface area (Å²) in [6, 6.07) is 15.0. The molecule has 11 heteroatoms. The molecule has 3 aromatic rings. The number of benzene rings is 3. The van der Waals surface area contributed by atoms with Gasteiger partial charge in [0.15, 0.2) is 5.75 Å². The molecule has 8 nitrogen and oxygen atoms in total. The summed E-state index contributed by atoms with van der Waals surface area (Å²) in [4.78, 5) is 12.6. The second kappa shape index (κ2) is 9.79. The van der Waals surface area contributed by atoms with Crippen LogP contribution in [-0.4, -0.2) is 26.6 Å². The lowest BCUT2D eigenvalue weighted by Crippen LogP contribution is -2.32.